The summed E-state index contributed by atoms with van der Waals surface area (Å²) in [6, 6.07) is 0. The lowest BCUT2D eigenvalue weighted by atomic mass is 10.3. The Morgan fingerprint density at radius 3 is 2.60 bits per heavy atom. The van der Waals surface area contributed by atoms with Crippen molar-refractivity contribution < 1.29 is 9.53 Å². The molecule has 0 saturated carbocycles. The number of nitrogens with two attached hydrogens (primary N) is 1. The highest BCUT2D eigenvalue weighted by atomic mass is 16.5. The summed E-state index contributed by atoms with van der Waals surface area (Å²) in [6.45, 7) is 4.12. The van der Waals surface area contributed by atoms with Crippen molar-refractivity contribution in [2.45, 2.75) is 13.8 Å². The van der Waals surface area contributed by atoms with E-state index in [2.05, 4.69) is 4.74 Å². The van der Waals surface area contributed by atoms with E-state index in [1.165, 1.54) is 6.92 Å². The smallest absolute Gasteiger partial charge is 0.302 e. The van der Waals surface area contributed by atoms with Crippen LogP contribution in [0.1, 0.15) is 13.8 Å². The SMILES string of the molecule is CC(=O)OC/C=C(\C)CN. The van der Waals surface area contributed by atoms with E-state index in [1.807, 2.05) is 6.92 Å². The molecule has 0 unspecified atom stereocenters. The molecule has 0 radical (unpaired) electrons. The van der Waals surface area contributed by atoms with E-state index >= 15 is 0 Å². The van der Waals surface area contributed by atoms with Crippen LogP contribution < -0.4 is 5.73 Å². The Labute approximate surface area is 60.9 Å². The number of esters is 1. The van der Waals surface area contributed by atoms with Crippen LogP contribution in [0.2, 0.25) is 0 Å². The van der Waals surface area contributed by atoms with Gasteiger partial charge < -0.3 is 10.5 Å². The summed E-state index contributed by atoms with van der Waals surface area (Å²) in [5.41, 5.74) is 6.31. The third-order valence-electron chi connectivity index (χ3n) is 1.04. The van der Waals surface area contributed by atoms with Crippen LogP contribution in [0.3, 0.4) is 0 Å². The normalized spacial score (nSPS) is 11.3. The summed E-state index contributed by atoms with van der Waals surface area (Å²) < 4.78 is 4.64. The number of carbonyl (C=O) groups is 1. The van der Waals surface area contributed by atoms with Gasteiger partial charge in [-0.1, -0.05) is 5.57 Å². The third kappa shape index (κ3) is 5.31. The Bertz CT molecular complexity index is 141. The van der Waals surface area contributed by atoms with Crippen molar-refractivity contribution in [2.75, 3.05) is 13.2 Å². The molecule has 0 spiro atoms. The van der Waals surface area contributed by atoms with Crippen molar-refractivity contribution in [1.82, 2.24) is 0 Å². The first kappa shape index (κ1) is 9.17. The molecule has 0 heterocycles. The van der Waals surface area contributed by atoms with E-state index in [9.17, 15) is 4.79 Å². The van der Waals surface area contributed by atoms with Gasteiger partial charge in [0.05, 0.1) is 0 Å². The molecule has 0 aromatic heterocycles. The summed E-state index contributed by atoms with van der Waals surface area (Å²) in [4.78, 5) is 10.2. The number of rotatable bonds is 3. The maximum Gasteiger partial charge on any atom is 0.302 e. The molecule has 0 aromatic carbocycles. The van der Waals surface area contributed by atoms with Gasteiger partial charge in [-0.05, 0) is 13.0 Å². The molecule has 0 amide bonds. The van der Waals surface area contributed by atoms with Crippen LogP contribution in [-0.4, -0.2) is 19.1 Å². The van der Waals surface area contributed by atoms with Crippen LogP contribution in [0.25, 0.3) is 0 Å². The molecule has 0 aliphatic heterocycles. The van der Waals surface area contributed by atoms with Crippen molar-refractivity contribution in [1.29, 1.82) is 0 Å². The first-order valence-corrected chi connectivity index (χ1v) is 3.16. The van der Waals surface area contributed by atoms with E-state index < -0.39 is 0 Å². The summed E-state index contributed by atoms with van der Waals surface area (Å²) in [7, 11) is 0. The Morgan fingerprint density at radius 2 is 2.20 bits per heavy atom. The topological polar surface area (TPSA) is 52.3 Å². The van der Waals surface area contributed by atoms with Gasteiger partial charge in [-0.25, -0.2) is 0 Å². The van der Waals surface area contributed by atoms with Gasteiger partial charge in [-0.2, -0.15) is 0 Å². The zero-order valence-corrected chi connectivity index (χ0v) is 6.39. The van der Waals surface area contributed by atoms with Crippen molar-refractivity contribution in [3.63, 3.8) is 0 Å². The standard InChI is InChI=1S/C7H13NO2/c1-6(5-8)3-4-10-7(2)9/h3H,4-5,8H2,1-2H3/b6-3+. The zero-order chi connectivity index (χ0) is 7.98. The molecule has 0 fully saturated rings. The average molecular weight is 143 g/mol. The predicted octanol–water partition coefficient (Wildman–Crippen LogP) is 0.455. The van der Waals surface area contributed by atoms with Gasteiger partial charge in [0.2, 0.25) is 0 Å². The average Bonchev–Trinajstić information content (AvgIpc) is 1.87. The fourth-order valence-corrected chi connectivity index (χ4v) is 0.385. The minimum atomic E-state index is -0.263. The Balaban J connectivity index is 3.43. The van der Waals surface area contributed by atoms with Gasteiger partial charge in [0, 0.05) is 13.5 Å². The number of hydrogen-bond donors (Lipinski definition) is 1. The molecular weight excluding hydrogens is 130 g/mol. The van der Waals surface area contributed by atoms with Crippen LogP contribution in [0.15, 0.2) is 11.6 Å². The minimum absolute atomic E-state index is 0.263. The third-order valence-corrected chi connectivity index (χ3v) is 1.04. The number of hydrogen-bond acceptors (Lipinski definition) is 3. The highest BCUT2D eigenvalue weighted by Gasteiger charge is 1.88. The Hall–Kier alpha value is -0.830. The quantitative estimate of drug-likeness (QED) is 0.461. The Morgan fingerprint density at radius 1 is 1.60 bits per heavy atom. The molecule has 0 rings (SSSR count). The number of carbonyl (C=O) groups excluding carboxylic acids is 1. The van der Waals surface area contributed by atoms with Crippen LogP contribution in [0, 0.1) is 0 Å². The molecule has 0 aliphatic carbocycles. The molecule has 2 N–H and O–H groups in total. The van der Waals surface area contributed by atoms with Crippen molar-refractivity contribution in [3.8, 4) is 0 Å². The molecule has 3 heteroatoms. The van der Waals surface area contributed by atoms with E-state index in [0.29, 0.717) is 13.2 Å². The van der Waals surface area contributed by atoms with Gasteiger partial charge in [0.15, 0.2) is 0 Å². The van der Waals surface area contributed by atoms with E-state index in [-0.39, 0.29) is 5.97 Å². The second kappa shape index (κ2) is 4.99. The highest BCUT2D eigenvalue weighted by molar-refractivity contribution is 5.66. The van der Waals surface area contributed by atoms with Gasteiger partial charge in [-0.15, -0.1) is 0 Å². The molecule has 58 valence electrons. The van der Waals surface area contributed by atoms with Gasteiger partial charge in [-0.3, -0.25) is 4.79 Å². The second-order valence-electron chi connectivity index (χ2n) is 2.06. The summed E-state index contributed by atoms with van der Waals surface area (Å²) in [6.07, 6.45) is 1.79. The van der Waals surface area contributed by atoms with Gasteiger partial charge in [0.25, 0.3) is 0 Å². The van der Waals surface area contributed by atoms with Crippen molar-refractivity contribution >= 4 is 5.97 Å². The monoisotopic (exact) mass is 143 g/mol. The molecule has 0 atom stereocenters. The number of ether oxygens (including phenoxy) is 1. The molecular formula is C7H13NO2. The van der Waals surface area contributed by atoms with E-state index in [1.54, 1.807) is 6.08 Å². The molecule has 3 nitrogen and oxygen atoms in total. The van der Waals surface area contributed by atoms with Crippen LogP contribution >= 0.6 is 0 Å². The predicted molar refractivity (Wildman–Crippen MR) is 39.4 cm³/mol. The highest BCUT2D eigenvalue weighted by Crippen LogP contribution is 1.87. The molecule has 10 heavy (non-hydrogen) atoms. The molecule has 0 bridgehead atoms. The van der Waals surface area contributed by atoms with E-state index in [0.717, 1.165) is 5.57 Å². The summed E-state index contributed by atoms with van der Waals surface area (Å²) in [5.74, 6) is -0.263. The fraction of sp³-hybridized carbons (Fsp3) is 0.571. The molecule has 0 aromatic rings. The lowest BCUT2D eigenvalue weighted by Gasteiger charge is -1.96. The first-order valence-electron chi connectivity index (χ1n) is 3.16. The van der Waals surface area contributed by atoms with Crippen molar-refractivity contribution in [3.05, 3.63) is 11.6 Å². The molecule has 0 aliphatic rings. The van der Waals surface area contributed by atoms with Crippen LogP contribution in [-0.2, 0) is 9.53 Å². The van der Waals surface area contributed by atoms with E-state index in [4.69, 9.17) is 5.73 Å². The minimum Gasteiger partial charge on any atom is -0.462 e. The zero-order valence-electron chi connectivity index (χ0n) is 6.39. The fourth-order valence-electron chi connectivity index (χ4n) is 0.385. The Kier molecular flexibility index (Phi) is 4.58. The molecule has 0 saturated heterocycles. The van der Waals surface area contributed by atoms with Crippen LogP contribution in [0.4, 0.5) is 0 Å². The second-order valence-corrected chi connectivity index (χ2v) is 2.06. The van der Waals surface area contributed by atoms with Gasteiger partial charge in [0.1, 0.15) is 6.61 Å². The largest absolute Gasteiger partial charge is 0.462 e. The lowest BCUT2D eigenvalue weighted by Crippen LogP contribution is -2.03. The lowest BCUT2D eigenvalue weighted by molar-refractivity contribution is -0.139. The summed E-state index contributed by atoms with van der Waals surface area (Å²) in [5, 5.41) is 0. The van der Waals surface area contributed by atoms with Crippen LogP contribution in [0.5, 0.6) is 0 Å². The summed E-state index contributed by atoms with van der Waals surface area (Å²) >= 11 is 0. The maximum atomic E-state index is 10.2. The maximum absolute atomic E-state index is 10.2. The van der Waals surface area contributed by atoms with Crippen molar-refractivity contribution in [2.24, 2.45) is 5.73 Å². The first-order chi connectivity index (χ1) is 4.66. The van der Waals surface area contributed by atoms with Gasteiger partial charge >= 0.3 is 5.97 Å².